The van der Waals surface area contributed by atoms with Gasteiger partial charge in [0, 0.05) is 18.5 Å². The molecule has 0 aliphatic heterocycles. The number of para-hydroxylation sites is 1. The van der Waals surface area contributed by atoms with Crippen molar-refractivity contribution in [3.63, 3.8) is 0 Å². The van der Waals surface area contributed by atoms with Crippen LogP contribution in [0, 0.1) is 0 Å². The third-order valence-electron chi connectivity index (χ3n) is 4.08. The Hall–Kier alpha value is -2.95. The second kappa shape index (κ2) is 11.6. The number of benzene rings is 2. The zero-order chi connectivity index (χ0) is 19.3. The summed E-state index contributed by atoms with van der Waals surface area (Å²) in [5, 5.41) is 7.08. The fourth-order valence-electron chi connectivity index (χ4n) is 2.60. The largest absolute Gasteiger partial charge is 0.326 e. The number of amides is 2. The molecule has 5 heteroatoms. The number of carbonyl (C=O) groups is 2. The zero-order valence-electron chi connectivity index (χ0n) is 15.8. The van der Waals surface area contributed by atoms with Crippen LogP contribution in [0.4, 0.5) is 5.69 Å². The van der Waals surface area contributed by atoms with E-state index in [-0.39, 0.29) is 24.7 Å². The molecule has 0 radical (unpaired) electrons. The number of carbonyl (C=O) groups excluding carboxylic acids is 2. The molecule has 0 heterocycles. The van der Waals surface area contributed by atoms with Crippen LogP contribution < -0.4 is 10.7 Å². The second-order valence-electron chi connectivity index (χ2n) is 6.33. The van der Waals surface area contributed by atoms with Gasteiger partial charge in [-0.2, -0.15) is 5.10 Å². The van der Waals surface area contributed by atoms with E-state index in [4.69, 9.17) is 0 Å². The molecule has 0 aromatic heterocycles. The summed E-state index contributed by atoms with van der Waals surface area (Å²) < 4.78 is 0. The van der Waals surface area contributed by atoms with Crippen LogP contribution in [0.3, 0.4) is 0 Å². The van der Waals surface area contributed by atoms with Crippen molar-refractivity contribution in [1.29, 1.82) is 0 Å². The fraction of sp³-hybridized carbons (Fsp3) is 0.318. The van der Waals surface area contributed by atoms with Gasteiger partial charge < -0.3 is 5.32 Å². The highest BCUT2D eigenvalue weighted by atomic mass is 16.2. The highest BCUT2D eigenvalue weighted by Gasteiger charge is 2.08. The van der Waals surface area contributed by atoms with E-state index in [0.29, 0.717) is 0 Å². The number of hydrogen-bond acceptors (Lipinski definition) is 3. The zero-order valence-corrected chi connectivity index (χ0v) is 15.8. The van der Waals surface area contributed by atoms with Crippen LogP contribution in [-0.2, 0) is 9.59 Å². The highest BCUT2D eigenvalue weighted by Crippen LogP contribution is 2.09. The van der Waals surface area contributed by atoms with Crippen LogP contribution in [0.5, 0.6) is 0 Å². The van der Waals surface area contributed by atoms with Crippen molar-refractivity contribution in [2.45, 2.75) is 45.4 Å². The Labute approximate surface area is 160 Å². The molecule has 0 saturated carbocycles. The molecule has 5 nitrogen and oxygen atoms in total. The van der Waals surface area contributed by atoms with E-state index in [1.807, 2.05) is 60.7 Å². The average Bonchev–Trinajstić information content (AvgIpc) is 2.70. The van der Waals surface area contributed by atoms with E-state index in [0.717, 1.165) is 42.6 Å². The van der Waals surface area contributed by atoms with Gasteiger partial charge in [0.15, 0.2) is 0 Å². The Balaban J connectivity index is 1.84. The average molecular weight is 365 g/mol. The van der Waals surface area contributed by atoms with Crippen LogP contribution in [0.1, 0.15) is 51.0 Å². The first-order chi connectivity index (χ1) is 13.2. The van der Waals surface area contributed by atoms with E-state index >= 15 is 0 Å². The molecule has 0 unspecified atom stereocenters. The van der Waals surface area contributed by atoms with Gasteiger partial charge in [0.2, 0.25) is 11.8 Å². The fourth-order valence-corrected chi connectivity index (χ4v) is 2.60. The summed E-state index contributed by atoms with van der Waals surface area (Å²) in [6, 6.07) is 19.1. The Morgan fingerprint density at radius 3 is 2.11 bits per heavy atom. The van der Waals surface area contributed by atoms with E-state index in [1.54, 1.807) is 0 Å². The number of unbranched alkanes of at least 4 members (excludes halogenated alkanes) is 2. The summed E-state index contributed by atoms with van der Waals surface area (Å²) in [5.41, 5.74) is 5.20. The minimum absolute atomic E-state index is 0.0964. The van der Waals surface area contributed by atoms with Crippen molar-refractivity contribution in [2.24, 2.45) is 5.10 Å². The molecule has 2 N–H and O–H groups in total. The molecule has 27 heavy (non-hydrogen) atoms. The maximum absolute atomic E-state index is 12.1. The Morgan fingerprint density at radius 2 is 1.44 bits per heavy atom. The molecule has 0 spiro atoms. The number of hydrazone groups is 1. The van der Waals surface area contributed by atoms with Crippen molar-refractivity contribution in [1.82, 2.24) is 5.43 Å². The first kappa shape index (κ1) is 20.4. The van der Waals surface area contributed by atoms with Crippen LogP contribution in [0.2, 0.25) is 0 Å². The van der Waals surface area contributed by atoms with E-state index < -0.39 is 0 Å². The Kier molecular flexibility index (Phi) is 8.77. The van der Waals surface area contributed by atoms with Crippen molar-refractivity contribution < 1.29 is 9.59 Å². The molecule has 0 bridgehead atoms. The first-order valence-corrected chi connectivity index (χ1v) is 9.44. The third-order valence-corrected chi connectivity index (χ3v) is 4.08. The summed E-state index contributed by atoms with van der Waals surface area (Å²) in [4.78, 5) is 24.0. The third kappa shape index (κ3) is 7.86. The maximum atomic E-state index is 12.1. The molecule has 2 aromatic carbocycles. The predicted octanol–water partition coefficient (Wildman–Crippen LogP) is 4.51. The molecule has 0 fully saturated rings. The Bertz CT molecular complexity index is 743. The van der Waals surface area contributed by atoms with Gasteiger partial charge in [-0.15, -0.1) is 0 Å². The van der Waals surface area contributed by atoms with Gasteiger partial charge in [-0.3, -0.25) is 9.59 Å². The lowest BCUT2D eigenvalue weighted by atomic mass is 10.0. The normalized spacial score (nSPS) is 11.1. The molecule has 0 aliphatic carbocycles. The number of anilines is 1. The van der Waals surface area contributed by atoms with Crippen molar-refractivity contribution in [2.75, 3.05) is 5.32 Å². The van der Waals surface area contributed by atoms with Gasteiger partial charge in [-0.05, 0) is 30.5 Å². The molecule has 2 amide bonds. The van der Waals surface area contributed by atoms with Crippen molar-refractivity contribution in [3.05, 3.63) is 66.2 Å². The lowest BCUT2D eigenvalue weighted by Gasteiger charge is -2.08. The summed E-state index contributed by atoms with van der Waals surface area (Å²) >= 11 is 0. The second-order valence-corrected chi connectivity index (χ2v) is 6.33. The number of nitrogens with one attached hydrogen (secondary N) is 2. The Morgan fingerprint density at radius 1 is 0.815 bits per heavy atom. The lowest BCUT2D eigenvalue weighted by Crippen LogP contribution is -2.22. The van der Waals surface area contributed by atoms with Crippen molar-refractivity contribution >= 4 is 23.2 Å². The monoisotopic (exact) mass is 365 g/mol. The number of nitrogens with zero attached hydrogens (tertiary/aromatic N) is 1. The molecule has 2 rings (SSSR count). The van der Waals surface area contributed by atoms with Crippen LogP contribution >= 0.6 is 0 Å². The molecule has 142 valence electrons. The van der Waals surface area contributed by atoms with Crippen LogP contribution in [-0.4, -0.2) is 17.5 Å². The van der Waals surface area contributed by atoms with Gasteiger partial charge >= 0.3 is 0 Å². The number of rotatable bonds is 10. The van der Waals surface area contributed by atoms with Gasteiger partial charge in [0.25, 0.3) is 0 Å². The van der Waals surface area contributed by atoms with Gasteiger partial charge in [-0.1, -0.05) is 68.3 Å². The minimum Gasteiger partial charge on any atom is -0.326 e. The minimum atomic E-state index is -0.262. The predicted molar refractivity (Wildman–Crippen MR) is 110 cm³/mol. The van der Waals surface area contributed by atoms with Gasteiger partial charge in [0.05, 0.1) is 5.71 Å². The summed E-state index contributed by atoms with van der Waals surface area (Å²) in [7, 11) is 0. The van der Waals surface area contributed by atoms with E-state index in [9.17, 15) is 9.59 Å². The van der Waals surface area contributed by atoms with Crippen LogP contribution in [0.15, 0.2) is 65.8 Å². The topological polar surface area (TPSA) is 70.6 Å². The smallest absolute Gasteiger partial charge is 0.240 e. The van der Waals surface area contributed by atoms with E-state index in [1.165, 1.54) is 0 Å². The van der Waals surface area contributed by atoms with Crippen molar-refractivity contribution in [3.8, 4) is 0 Å². The standard InChI is InChI=1S/C22H27N3O2/c1-2-3-6-15-20(18-11-7-4-8-12-18)24-25-22(27)17-16-21(26)23-19-13-9-5-10-14-19/h4-5,7-14H,2-3,6,15-17H2,1H3,(H,23,26)(H,25,27)/b24-20+. The van der Waals surface area contributed by atoms with Gasteiger partial charge in [0.1, 0.15) is 0 Å². The van der Waals surface area contributed by atoms with Crippen LogP contribution in [0.25, 0.3) is 0 Å². The summed E-state index contributed by atoms with van der Waals surface area (Å²) in [5.74, 6) is -0.450. The first-order valence-electron chi connectivity index (χ1n) is 9.44. The summed E-state index contributed by atoms with van der Waals surface area (Å²) in [6.45, 7) is 2.15. The molecular formula is C22H27N3O2. The quantitative estimate of drug-likeness (QED) is 0.369. The number of hydrogen-bond donors (Lipinski definition) is 2. The molecule has 0 atom stereocenters. The van der Waals surface area contributed by atoms with E-state index in [2.05, 4.69) is 22.8 Å². The SMILES string of the molecule is CCCCC/C(=N\NC(=O)CCC(=O)Nc1ccccc1)c1ccccc1. The molecule has 2 aromatic rings. The maximum Gasteiger partial charge on any atom is 0.240 e. The summed E-state index contributed by atoms with van der Waals surface area (Å²) in [6.07, 6.45) is 4.31. The lowest BCUT2D eigenvalue weighted by molar-refractivity contribution is -0.124. The molecule has 0 aliphatic rings. The molecular weight excluding hydrogens is 338 g/mol. The highest BCUT2D eigenvalue weighted by molar-refractivity contribution is 6.01. The molecule has 0 saturated heterocycles. The van der Waals surface area contributed by atoms with Gasteiger partial charge in [-0.25, -0.2) is 5.43 Å².